The Labute approximate surface area is 80.9 Å². The Bertz CT molecular complexity index is 381. The molecule has 0 saturated carbocycles. The van der Waals surface area contributed by atoms with E-state index in [2.05, 4.69) is 9.47 Å². The van der Waals surface area contributed by atoms with E-state index < -0.39 is 32.8 Å². The maximum absolute atomic E-state index is 10.6. The van der Waals surface area contributed by atoms with Crippen LogP contribution in [0.5, 0.6) is 0 Å². The topological polar surface area (TPSA) is 161 Å². The number of ether oxygens (including phenoxy) is 2. The van der Waals surface area contributed by atoms with Crippen molar-refractivity contribution in [2.75, 3.05) is 0 Å². The highest BCUT2D eigenvalue weighted by Gasteiger charge is 2.38. The first-order chi connectivity index (χ1) is 6.67. The fourth-order valence-electron chi connectivity index (χ4n) is 0.320. The van der Waals surface area contributed by atoms with Gasteiger partial charge >= 0.3 is 32.8 Å². The average molecular weight is 242 g/mol. The van der Waals surface area contributed by atoms with Crippen LogP contribution in [0.25, 0.3) is 0 Å². The van der Waals surface area contributed by atoms with E-state index in [1.165, 1.54) is 0 Å². The molecule has 0 aromatic rings. The number of carbonyl (C=O) groups excluding carboxylic acids is 2. The van der Waals surface area contributed by atoms with Gasteiger partial charge in [-0.15, -0.1) is 0 Å². The zero-order chi connectivity index (χ0) is 12.2. The molecule has 0 fully saturated rings. The maximum atomic E-state index is 10.6. The van der Waals surface area contributed by atoms with Crippen LogP contribution in [-0.2, 0) is 19.3 Å². The molecule has 0 saturated heterocycles. The number of carbonyl (C=O) groups is 4. The second kappa shape index (κ2) is 4.36. The molecule has 0 aromatic heterocycles. The van der Waals surface area contributed by atoms with Gasteiger partial charge in [0, 0.05) is 0 Å². The predicted octanol–water partition coefficient (Wildman–Crippen LogP) is 0.0304. The number of carboxylic acid groups (broad SMARTS) is 2. The van der Waals surface area contributed by atoms with Crippen LogP contribution >= 0.6 is 0 Å². The molecule has 0 atom stereocenters. The van der Waals surface area contributed by atoms with E-state index in [4.69, 9.17) is 10.2 Å². The summed E-state index contributed by atoms with van der Waals surface area (Å²) < 4.78 is 27.5. The first-order valence-corrected chi connectivity index (χ1v) is 4.30. The molecule has 0 aliphatic carbocycles. The van der Waals surface area contributed by atoms with Gasteiger partial charge in [-0.3, -0.25) is 0 Å². The second-order valence-corrected chi connectivity index (χ2v) is 3.41. The van der Waals surface area contributed by atoms with Crippen LogP contribution in [0, 0.1) is 0 Å². The fourth-order valence-corrected chi connectivity index (χ4v) is 0.818. The fraction of sp³-hybridized carbons (Fsp3) is 0. The lowest BCUT2D eigenvalue weighted by Crippen LogP contribution is -2.28. The molecule has 15 heavy (non-hydrogen) atoms. The largest absolute Gasteiger partial charge is 0.514 e. The van der Waals surface area contributed by atoms with Gasteiger partial charge < -0.3 is 19.7 Å². The minimum absolute atomic E-state index is 2.27. The van der Waals surface area contributed by atoms with E-state index in [0.29, 0.717) is 0 Å². The molecule has 0 spiro atoms. The minimum Gasteiger partial charge on any atom is -0.449 e. The summed E-state index contributed by atoms with van der Waals surface area (Å²) in [5, 5.41) is 10.8. The summed E-state index contributed by atoms with van der Waals surface area (Å²) in [7, 11) is -5.41. The SMILES string of the molecule is O=C(O)OC(=O)S(=O)(=O)C(=O)OC(=O)O. The summed E-state index contributed by atoms with van der Waals surface area (Å²) >= 11 is 0. The van der Waals surface area contributed by atoms with Crippen molar-refractivity contribution in [1.82, 2.24) is 0 Å². The van der Waals surface area contributed by atoms with Crippen molar-refractivity contribution < 1.29 is 47.3 Å². The minimum atomic E-state index is -5.41. The first kappa shape index (κ1) is 12.8. The summed E-state index contributed by atoms with van der Waals surface area (Å²) in [6.07, 6.45) is -4.54. The van der Waals surface area contributed by atoms with Gasteiger partial charge in [0.05, 0.1) is 0 Å². The Kier molecular flexibility index (Phi) is 3.73. The highest BCUT2D eigenvalue weighted by molar-refractivity contribution is 8.18. The van der Waals surface area contributed by atoms with Gasteiger partial charge in [0.1, 0.15) is 0 Å². The van der Waals surface area contributed by atoms with Gasteiger partial charge in [0.2, 0.25) is 0 Å². The van der Waals surface area contributed by atoms with Crippen LogP contribution in [-0.4, -0.2) is 41.5 Å². The lowest BCUT2D eigenvalue weighted by molar-refractivity contribution is 0.119. The van der Waals surface area contributed by atoms with Gasteiger partial charge in [0.15, 0.2) is 0 Å². The van der Waals surface area contributed by atoms with Gasteiger partial charge in [-0.05, 0) is 0 Å². The summed E-state index contributed by atoms with van der Waals surface area (Å²) in [5.41, 5.74) is 0. The summed E-state index contributed by atoms with van der Waals surface area (Å²) in [4.78, 5) is 40.3. The normalized spacial score (nSPS) is 10.1. The molecule has 0 aliphatic heterocycles. The first-order valence-electron chi connectivity index (χ1n) is 2.82. The number of hydrogen-bond acceptors (Lipinski definition) is 8. The van der Waals surface area contributed by atoms with Crippen molar-refractivity contribution in [3.8, 4) is 0 Å². The standard InChI is InChI=1S/C4H2O10S/c5-1(6)13-3(9)15(11,12)4(10)14-2(7)8/h(H,5,6)(H,7,8). The molecular formula is C4H2O10S. The Hall–Kier alpha value is -2.17. The molecule has 0 heterocycles. The van der Waals surface area contributed by atoms with Crippen molar-refractivity contribution in [1.29, 1.82) is 0 Å². The van der Waals surface area contributed by atoms with Crippen LogP contribution in [0.3, 0.4) is 0 Å². The zero-order valence-electron chi connectivity index (χ0n) is 6.57. The van der Waals surface area contributed by atoms with Crippen LogP contribution in [0.1, 0.15) is 0 Å². The van der Waals surface area contributed by atoms with E-state index >= 15 is 0 Å². The molecule has 0 rings (SSSR count). The van der Waals surface area contributed by atoms with E-state index in [0.717, 1.165) is 0 Å². The number of sulfone groups is 1. The van der Waals surface area contributed by atoms with E-state index in [9.17, 15) is 27.6 Å². The summed E-state index contributed by atoms with van der Waals surface area (Å²) in [6.45, 7) is 0. The van der Waals surface area contributed by atoms with Crippen LogP contribution in [0.2, 0.25) is 0 Å². The van der Waals surface area contributed by atoms with E-state index in [1.54, 1.807) is 0 Å². The number of rotatable bonds is 0. The molecule has 0 amide bonds. The Morgan fingerprint density at radius 2 is 1.07 bits per heavy atom. The van der Waals surface area contributed by atoms with Gasteiger partial charge in [-0.1, -0.05) is 0 Å². The van der Waals surface area contributed by atoms with E-state index in [-0.39, 0.29) is 0 Å². The molecule has 84 valence electrons. The summed E-state index contributed by atoms with van der Waals surface area (Å²) in [6, 6.07) is 0. The van der Waals surface area contributed by atoms with Crippen LogP contribution in [0.15, 0.2) is 0 Å². The smallest absolute Gasteiger partial charge is 0.449 e. The van der Waals surface area contributed by atoms with Crippen LogP contribution in [0.4, 0.5) is 19.2 Å². The quantitative estimate of drug-likeness (QED) is 0.437. The molecule has 2 N–H and O–H groups in total. The van der Waals surface area contributed by atoms with Gasteiger partial charge in [-0.2, -0.15) is 0 Å². The van der Waals surface area contributed by atoms with Gasteiger partial charge in [0.25, 0.3) is 0 Å². The van der Waals surface area contributed by atoms with Crippen molar-refractivity contribution in [2.45, 2.75) is 0 Å². The van der Waals surface area contributed by atoms with Gasteiger partial charge in [-0.25, -0.2) is 27.6 Å². The Morgan fingerprint density at radius 3 is 1.27 bits per heavy atom. The monoisotopic (exact) mass is 242 g/mol. The Balaban J connectivity index is 4.83. The van der Waals surface area contributed by atoms with Crippen LogP contribution < -0.4 is 0 Å². The molecule has 0 unspecified atom stereocenters. The number of hydrogen-bond donors (Lipinski definition) is 2. The third-order valence-electron chi connectivity index (χ3n) is 0.780. The highest BCUT2D eigenvalue weighted by atomic mass is 32.2. The lowest BCUT2D eigenvalue weighted by atomic mass is 11.3. The summed E-state index contributed by atoms with van der Waals surface area (Å²) in [5.74, 6) is 0. The van der Waals surface area contributed by atoms with Crippen molar-refractivity contribution in [3.05, 3.63) is 0 Å². The average Bonchev–Trinajstić information content (AvgIpc) is 2.01. The van der Waals surface area contributed by atoms with E-state index in [1.807, 2.05) is 0 Å². The third kappa shape index (κ3) is 3.60. The van der Waals surface area contributed by atoms with Crippen molar-refractivity contribution in [2.24, 2.45) is 0 Å². The van der Waals surface area contributed by atoms with Crippen molar-refractivity contribution >= 4 is 32.8 Å². The molecule has 0 radical (unpaired) electrons. The highest BCUT2D eigenvalue weighted by Crippen LogP contribution is 2.02. The Morgan fingerprint density at radius 1 is 0.800 bits per heavy atom. The predicted molar refractivity (Wildman–Crippen MR) is 37.9 cm³/mol. The zero-order valence-corrected chi connectivity index (χ0v) is 7.39. The molecule has 0 aliphatic rings. The molecule has 0 bridgehead atoms. The molecular weight excluding hydrogens is 240 g/mol. The maximum Gasteiger partial charge on any atom is 0.514 e. The van der Waals surface area contributed by atoms with Crippen molar-refractivity contribution in [3.63, 3.8) is 0 Å². The molecule has 11 heteroatoms. The molecule has 0 aromatic carbocycles. The second-order valence-electron chi connectivity index (χ2n) is 1.74. The third-order valence-corrected chi connectivity index (χ3v) is 1.82. The lowest BCUT2D eigenvalue weighted by Gasteiger charge is -1.98. The molecule has 10 nitrogen and oxygen atoms in total.